The summed E-state index contributed by atoms with van der Waals surface area (Å²) in [4.78, 5) is 56.7. The molecule has 1 aromatic rings. The van der Waals surface area contributed by atoms with Crippen LogP contribution >= 0.6 is 0 Å². The van der Waals surface area contributed by atoms with Gasteiger partial charge in [-0.25, -0.2) is 0 Å². The highest BCUT2D eigenvalue weighted by atomic mass is 19.4. The van der Waals surface area contributed by atoms with Crippen molar-refractivity contribution in [1.29, 1.82) is 0 Å². The van der Waals surface area contributed by atoms with Crippen molar-refractivity contribution >= 4 is 29.3 Å². The Bertz CT molecular complexity index is 2030. The molecule has 2 aliphatic heterocycles. The lowest BCUT2D eigenvalue weighted by Crippen LogP contribution is -2.63. The van der Waals surface area contributed by atoms with Gasteiger partial charge in [-0.15, -0.1) is 0 Å². The van der Waals surface area contributed by atoms with E-state index in [0.717, 1.165) is 44.9 Å². The van der Waals surface area contributed by atoms with E-state index < -0.39 is 51.8 Å². The maximum absolute atomic E-state index is 15.0. The van der Waals surface area contributed by atoms with Gasteiger partial charge in [0.2, 0.25) is 17.7 Å². The number of imide groups is 1. The molecule has 0 aromatic heterocycles. The molecule has 2 heterocycles. The van der Waals surface area contributed by atoms with Crippen LogP contribution < -0.4 is 10.6 Å². The second kappa shape index (κ2) is 13.4. The zero-order valence-corrected chi connectivity index (χ0v) is 34.1. The zero-order chi connectivity index (χ0) is 42.2. The van der Waals surface area contributed by atoms with Crippen molar-refractivity contribution in [3.05, 3.63) is 53.6 Å². The highest BCUT2D eigenvalue weighted by molar-refractivity contribution is 6.03. The normalized spacial score (nSPS) is 43.7. The molecule has 13 heteroatoms. The number of rotatable bonds is 3. The fourth-order valence-corrected chi connectivity index (χ4v) is 15.4. The van der Waals surface area contributed by atoms with Crippen LogP contribution in [-0.4, -0.2) is 40.6 Å². The topological polar surface area (TPSA) is 95.6 Å². The van der Waals surface area contributed by atoms with E-state index in [-0.39, 0.29) is 64.3 Å². The van der Waals surface area contributed by atoms with E-state index in [9.17, 15) is 40.7 Å². The molecule has 6 aliphatic carbocycles. The van der Waals surface area contributed by atoms with Gasteiger partial charge in [-0.3, -0.25) is 24.1 Å². The first-order chi connectivity index (χ1) is 27.6. The van der Waals surface area contributed by atoms with Gasteiger partial charge >= 0.3 is 12.4 Å². The summed E-state index contributed by atoms with van der Waals surface area (Å²) in [5.41, 5.74) is -4.92. The first-order valence-electron chi connectivity index (χ1n) is 21.8. The van der Waals surface area contributed by atoms with Gasteiger partial charge in [0.1, 0.15) is 0 Å². The van der Waals surface area contributed by atoms with Crippen molar-refractivity contribution in [3.8, 4) is 0 Å². The molecule has 9 rings (SSSR count). The van der Waals surface area contributed by atoms with Crippen LogP contribution in [0.25, 0.3) is 0 Å². The molecule has 0 unspecified atom stereocenters. The molecule has 1 aromatic carbocycles. The molecule has 0 bridgehead atoms. The second-order valence-corrected chi connectivity index (χ2v) is 20.5. The number of anilines is 1. The summed E-state index contributed by atoms with van der Waals surface area (Å²) in [6, 6.07) is 0.929. The Balaban J connectivity index is 0.925. The Morgan fingerprint density at radius 3 is 1.93 bits per heavy atom. The minimum atomic E-state index is -4.96. The van der Waals surface area contributed by atoms with E-state index in [1.807, 2.05) is 13.0 Å². The van der Waals surface area contributed by atoms with E-state index in [0.29, 0.717) is 68.1 Å². The van der Waals surface area contributed by atoms with Gasteiger partial charge in [0.05, 0.1) is 16.8 Å². The number of alkyl halides is 6. The molecule has 6 saturated carbocycles. The molecule has 320 valence electrons. The molecule has 59 heavy (non-hydrogen) atoms. The van der Waals surface area contributed by atoms with Crippen LogP contribution in [-0.2, 0) is 31.5 Å². The molecule has 2 N–H and O–H groups in total. The summed E-state index contributed by atoms with van der Waals surface area (Å²) in [5.74, 6) is -0.508. The highest BCUT2D eigenvalue weighted by Crippen LogP contribution is 2.68. The summed E-state index contributed by atoms with van der Waals surface area (Å²) in [6.07, 6.45) is 6.71. The van der Waals surface area contributed by atoms with Gasteiger partial charge in [0.15, 0.2) is 0 Å². The number of halogens is 6. The Kier molecular flexibility index (Phi) is 9.27. The standard InChI is InChI=1S/C46H55F6N3O4/c1-41-19-16-30-26(27(41)9-11-32(41)39(58)53-34-23-24(45(47,48)49)5-8-31(34)46(50,51)52)7-14-36-44(30,4)22-18-38(57)55(36)40(59)33-12-10-28-25-6-13-35-43(3,21-17-37(56)54-35)29(25)15-20-42(28,33)2/h5,8,17-18,21-23,25-30,32-33,35-36H,6-7,9-16,19-20H2,1-4H3,(H,53,58)(H,54,56)/t25-,26-,27-,28-,29-,30-,32+,33-,35+,36+,41-,42-,43+,44+/m0/s1. The number of hydrogen-bond acceptors (Lipinski definition) is 4. The van der Waals surface area contributed by atoms with Gasteiger partial charge in [-0.05, 0) is 148 Å². The number of benzene rings is 1. The van der Waals surface area contributed by atoms with Crippen LogP contribution in [0.2, 0.25) is 0 Å². The molecule has 4 amide bonds. The minimum Gasteiger partial charge on any atom is -0.349 e. The predicted molar refractivity (Wildman–Crippen MR) is 207 cm³/mol. The number of fused-ring (bicyclic) bond motifs is 10. The number of hydrogen-bond donors (Lipinski definition) is 2. The molecule has 7 nitrogen and oxygen atoms in total. The summed E-state index contributed by atoms with van der Waals surface area (Å²) < 4.78 is 82.4. The Labute approximate surface area is 341 Å². The molecule has 14 atom stereocenters. The average molecular weight is 828 g/mol. The van der Waals surface area contributed by atoms with Crippen molar-refractivity contribution in [2.45, 2.75) is 129 Å². The summed E-state index contributed by atoms with van der Waals surface area (Å²) >= 11 is 0. The Morgan fingerprint density at radius 2 is 1.29 bits per heavy atom. The number of carbonyl (C=O) groups is 4. The SMILES string of the molecule is C[C@]12C=CC(=O)N[C@@H]1CC[C@@H]1[C@@H]2CC[C@]2(C)[C@H](C(=O)N3C(=O)C=C[C@]4(C)[C@H]5CC[C@]6(C)[C@@H](C(=O)Nc7cc(C(F)(F)F)ccc7C(F)(F)F)CC[C@H]6[C@@H]5CC[C@@H]34)CC[C@@H]12. The van der Waals surface area contributed by atoms with E-state index >= 15 is 4.79 Å². The van der Waals surface area contributed by atoms with E-state index in [2.05, 4.69) is 37.5 Å². The molecular formula is C46H55F6N3O4. The van der Waals surface area contributed by atoms with Gasteiger partial charge < -0.3 is 10.6 Å². The van der Waals surface area contributed by atoms with E-state index in [1.54, 1.807) is 17.1 Å². The number of nitrogens with one attached hydrogen (secondary N) is 2. The smallest absolute Gasteiger partial charge is 0.349 e. The molecule has 0 spiro atoms. The third-order valence-electron chi connectivity index (χ3n) is 18.3. The molecule has 0 saturated heterocycles. The predicted octanol–water partition coefficient (Wildman–Crippen LogP) is 9.73. The number of nitrogens with zero attached hydrogens (tertiary/aromatic N) is 1. The molecule has 8 aliphatic rings. The third-order valence-corrected chi connectivity index (χ3v) is 18.3. The van der Waals surface area contributed by atoms with Crippen LogP contribution in [0.1, 0.15) is 116 Å². The van der Waals surface area contributed by atoms with E-state index in [4.69, 9.17) is 0 Å². The van der Waals surface area contributed by atoms with Crippen LogP contribution in [0.5, 0.6) is 0 Å². The fraction of sp³-hybridized carbons (Fsp3) is 0.696. The van der Waals surface area contributed by atoms with Crippen molar-refractivity contribution in [3.63, 3.8) is 0 Å². The lowest BCUT2D eigenvalue weighted by atomic mass is 9.47. The Hall–Kier alpha value is -3.64. The molecular weight excluding hydrogens is 773 g/mol. The minimum absolute atomic E-state index is 0.0279. The lowest BCUT2D eigenvalue weighted by molar-refractivity contribution is -0.164. The van der Waals surface area contributed by atoms with Crippen molar-refractivity contribution in [2.75, 3.05) is 5.32 Å². The average Bonchev–Trinajstić information content (AvgIpc) is 3.71. The fourth-order valence-electron chi connectivity index (χ4n) is 15.4. The quantitative estimate of drug-likeness (QED) is 0.235. The first-order valence-corrected chi connectivity index (χ1v) is 21.8. The van der Waals surface area contributed by atoms with Crippen LogP contribution in [0.3, 0.4) is 0 Å². The van der Waals surface area contributed by atoms with Crippen LogP contribution in [0.4, 0.5) is 32.0 Å². The summed E-state index contributed by atoms with van der Waals surface area (Å²) in [7, 11) is 0. The zero-order valence-electron chi connectivity index (χ0n) is 34.1. The molecule has 0 radical (unpaired) electrons. The number of amides is 4. The maximum atomic E-state index is 15.0. The van der Waals surface area contributed by atoms with Crippen LogP contribution in [0.15, 0.2) is 42.5 Å². The lowest BCUT2D eigenvalue weighted by Gasteiger charge is -2.61. The summed E-state index contributed by atoms with van der Waals surface area (Å²) in [6.45, 7) is 8.72. The van der Waals surface area contributed by atoms with E-state index in [1.165, 1.54) is 0 Å². The second-order valence-electron chi connectivity index (χ2n) is 20.5. The maximum Gasteiger partial charge on any atom is 0.418 e. The largest absolute Gasteiger partial charge is 0.418 e. The third kappa shape index (κ3) is 6.02. The van der Waals surface area contributed by atoms with Crippen molar-refractivity contribution in [1.82, 2.24) is 10.2 Å². The summed E-state index contributed by atoms with van der Waals surface area (Å²) in [5, 5.41) is 5.50. The van der Waals surface area contributed by atoms with Gasteiger partial charge in [-0.2, -0.15) is 26.3 Å². The van der Waals surface area contributed by atoms with Gasteiger partial charge in [-0.1, -0.05) is 39.8 Å². The van der Waals surface area contributed by atoms with Crippen molar-refractivity contribution < 1.29 is 45.5 Å². The monoisotopic (exact) mass is 827 g/mol. The number of carbonyl (C=O) groups excluding carboxylic acids is 4. The Morgan fingerprint density at radius 1 is 0.695 bits per heavy atom. The van der Waals surface area contributed by atoms with Gasteiger partial charge in [0, 0.05) is 40.8 Å². The van der Waals surface area contributed by atoms with Crippen molar-refractivity contribution in [2.24, 2.45) is 69.0 Å². The van der Waals surface area contributed by atoms with Gasteiger partial charge in [0.25, 0.3) is 5.91 Å². The van der Waals surface area contributed by atoms with Crippen LogP contribution in [0, 0.1) is 69.0 Å². The first kappa shape index (κ1) is 40.7. The molecule has 6 fully saturated rings. The highest BCUT2D eigenvalue weighted by Gasteiger charge is 2.65.